The Hall–Kier alpha value is -3.60. The summed E-state index contributed by atoms with van der Waals surface area (Å²) in [6, 6.07) is 19.8. The van der Waals surface area contributed by atoms with Crippen LogP contribution in [-0.2, 0) is 22.5 Å². The van der Waals surface area contributed by atoms with Crippen LogP contribution in [0.25, 0.3) is 10.9 Å². The number of H-pyrrole nitrogens is 1. The van der Waals surface area contributed by atoms with Crippen LogP contribution >= 0.6 is 0 Å². The second-order valence-electron chi connectivity index (χ2n) is 7.48. The van der Waals surface area contributed by atoms with Gasteiger partial charge in [0.05, 0.1) is 6.42 Å². The van der Waals surface area contributed by atoms with Crippen molar-refractivity contribution in [1.29, 1.82) is 0 Å². The molecule has 0 saturated heterocycles. The van der Waals surface area contributed by atoms with E-state index in [2.05, 4.69) is 21.7 Å². The molecule has 2 aromatic carbocycles. The highest BCUT2D eigenvalue weighted by Gasteiger charge is 2.18. The van der Waals surface area contributed by atoms with Gasteiger partial charge in [-0.15, -0.1) is 0 Å². The number of Topliss-reactive ketones (excluding diaryl/α,β-unsaturated/α-hetero) is 1. The molecule has 0 aliphatic heterocycles. The van der Waals surface area contributed by atoms with Crippen molar-refractivity contribution in [2.45, 2.75) is 26.8 Å². The van der Waals surface area contributed by atoms with Crippen LogP contribution in [0.5, 0.6) is 0 Å². The van der Waals surface area contributed by atoms with Gasteiger partial charge in [-0.05, 0) is 37.1 Å². The van der Waals surface area contributed by atoms with Gasteiger partial charge < -0.3 is 14.3 Å². The minimum atomic E-state index is -0.411. The molecule has 0 unspecified atom stereocenters. The zero-order valence-corrected chi connectivity index (χ0v) is 17.1. The van der Waals surface area contributed by atoms with E-state index in [9.17, 15) is 9.59 Å². The van der Waals surface area contributed by atoms with Crippen molar-refractivity contribution < 1.29 is 14.3 Å². The van der Waals surface area contributed by atoms with Crippen molar-refractivity contribution in [2.75, 3.05) is 6.61 Å². The summed E-state index contributed by atoms with van der Waals surface area (Å²) in [7, 11) is 0. The van der Waals surface area contributed by atoms with E-state index in [-0.39, 0.29) is 18.8 Å². The molecule has 0 aliphatic rings. The van der Waals surface area contributed by atoms with Gasteiger partial charge in [0, 0.05) is 40.6 Å². The topological polar surface area (TPSA) is 64.1 Å². The van der Waals surface area contributed by atoms with Gasteiger partial charge in [-0.3, -0.25) is 9.59 Å². The average Bonchev–Trinajstić information content (AvgIpc) is 3.29. The van der Waals surface area contributed by atoms with Gasteiger partial charge in [0.15, 0.2) is 6.61 Å². The van der Waals surface area contributed by atoms with E-state index in [4.69, 9.17) is 4.74 Å². The van der Waals surface area contributed by atoms with E-state index < -0.39 is 5.97 Å². The Kier molecular flexibility index (Phi) is 5.53. The number of benzene rings is 2. The van der Waals surface area contributed by atoms with E-state index in [1.807, 2.05) is 68.6 Å². The molecule has 0 bridgehead atoms. The second kappa shape index (κ2) is 8.41. The summed E-state index contributed by atoms with van der Waals surface area (Å²) in [5.41, 5.74) is 5.50. The first-order valence-corrected chi connectivity index (χ1v) is 9.97. The van der Waals surface area contributed by atoms with Crippen LogP contribution in [0.4, 0.5) is 0 Å². The van der Waals surface area contributed by atoms with Crippen molar-refractivity contribution in [1.82, 2.24) is 9.55 Å². The number of hydrogen-bond acceptors (Lipinski definition) is 3. The van der Waals surface area contributed by atoms with Crippen LogP contribution in [0, 0.1) is 13.8 Å². The molecule has 0 fully saturated rings. The third kappa shape index (κ3) is 4.06. The SMILES string of the molecule is Cc1cc(C(=O)COC(=O)Cc2c[nH]c3ccccc23)c(C)n1Cc1ccccc1. The second-order valence-corrected chi connectivity index (χ2v) is 7.48. The first kappa shape index (κ1) is 19.7. The number of aryl methyl sites for hydroxylation is 1. The maximum absolute atomic E-state index is 12.7. The summed E-state index contributed by atoms with van der Waals surface area (Å²) in [6.07, 6.45) is 1.94. The molecule has 2 aromatic heterocycles. The van der Waals surface area contributed by atoms with Gasteiger partial charge in [0.2, 0.25) is 5.78 Å². The Bertz CT molecular complexity index is 1200. The molecule has 0 spiro atoms. The highest BCUT2D eigenvalue weighted by atomic mass is 16.5. The monoisotopic (exact) mass is 400 g/mol. The van der Waals surface area contributed by atoms with E-state index in [0.29, 0.717) is 12.1 Å². The maximum Gasteiger partial charge on any atom is 0.310 e. The molecule has 5 heteroatoms. The number of carbonyl (C=O) groups is 2. The molecule has 0 radical (unpaired) electrons. The Morgan fingerprint density at radius 1 is 1.00 bits per heavy atom. The van der Waals surface area contributed by atoms with Gasteiger partial charge in [-0.2, -0.15) is 0 Å². The third-order valence-electron chi connectivity index (χ3n) is 5.43. The van der Waals surface area contributed by atoms with Gasteiger partial charge >= 0.3 is 5.97 Å². The lowest BCUT2D eigenvalue weighted by Gasteiger charge is -2.10. The van der Waals surface area contributed by atoms with Crippen LogP contribution in [0.15, 0.2) is 66.9 Å². The van der Waals surface area contributed by atoms with Crippen molar-refractivity contribution in [2.24, 2.45) is 0 Å². The van der Waals surface area contributed by atoms with E-state index in [0.717, 1.165) is 27.9 Å². The smallest absolute Gasteiger partial charge is 0.310 e. The van der Waals surface area contributed by atoms with E-state index >= 15 is 0 Å². The quantitative estimate of drug-likeness (QED) is 0.364. The molecule has 4 rings (SSSR count). The number of carbonyl (C=O) groups excluding carboxylic acids is 2. The third-order valence-corrected chi connectivity index (χ3v) is 5.43. The first-order chi connectivity index (χ1) is 14.5. The summed E-state index contributed by atoms with van der Waals surface area (Å²) in [5, 5.41) is 0.991. The van der Waals surface area contributed by atoms with Crippen molar-refractivity contribution in [3.8, 4) is 0 Å². The van der Waals surface area contributed by atoms with Crippen LogP contribution in [0.1, 0.15) is 32.9 Å². The zero-order chi connectivity index (χ0) is 21.1. The Morgan fingerprint density at radius 2 is 1.73 bits per heavy atom. The number of rotatable bonds is 7. The van der Waals surface area contributed by atoms with Gasteiger partial charge in [-0.25, -0.2) is 0 Å². The predicted octanol–water partition coefficient (Wildman–Crippen LogP) is 4.60. The summed E-state index contributed by atoms with van der Waals surface area (Å²) in [4.78, 5) is 28.1. The Balaban J connectivity index is 1.40. The fourth-order valence-corrected chi connectivity index (χ4v) is 3.80. The summed E-state index contributed by atoms with van der Waals surface area (Å²) >= 11 is 0. The van der Waals surface area contributed by atoms with Gasteiger partial charge in [0.1, 0.15) is 0 Å². The Labute approximate surface area is 175 Å². The highest BCUT2D eigenvalue weighted by molar-refractivity contribution is 5.99. The number of ketones is 1. The maximum atomic E-state index is 12.7. The first-order valence-electron chi connectivity index (χ1n) is 9.97. The van der Waals surface area contributed by atoms with Crippen LogP contribution < -0.4 is 0 Å². The molecule has 2 heterocycles. The number of nitrogens with one attached hydrogen (secondary N) is 1. The number of aromatic amines is 1. The molecule has 30 heavy (non-hydrogen) atoms. The fourth-order valence-electron chi connectivity index (χ4n) is 3.80. The van der Waals surface area contributed by atoms with Crippen LogP contribution in [-0.4, -0.2) is 27.9 Å². The number of nitrogens with zero attached hydrogens (tertiary/aromatic N) is 1. The van der Waals surface area contributed by atoms with Crippen LogP contribution in [0.2, 0.25) is 0 Å². The van der Waals surface area contributed by atoms with Crippen molar-refractivity contribution in [3.63, 3.8) is 0 Å². The summed E-state index contributed by atoms with van der Waals surface area (Å²) in [5.74, 6) is -0.596. The van der Waals surface area contributed by atoms with Gasteiger partial charge in [0.25, 0.3) is 0 Å². The van der Waals surface area contributed by atoms with Gasteiger partial charge in [-0.1, -0.05) is 48.5 Å². The molecule has 1 N–H and O–H groups in total. The number of para-hydroxylation sites is 1. The summed E-state index contributed by atoms with van der Waals surface area (Å²) in [6.45, 7) is 4.36. The van der Waals surface area contributed by atoms with Crippen LogP contribution in [0.3, 0.4) is 0 Å². The molecule has 5 nitrogen and oxygen atoms in total. The number of esters is 1. The normalized spacial score (nSPS) is 11.0. The van der Waals surface area contributed by atoms with Crippen molar-refractivity contribution in [3.05, 3.63) is 94.9 Å². The Morgan fingerprint density at radius 3 is 2.53 bits per heavy atom. The largest absolute Gasteiger partial charge is 0.457 e. The van der Waals surface area contributed by atoms with E-state index in [1.54, 1.807) is 0 Å². The molecule has 0 aliphatic carbocycles. The molecule has 0 saturated carbocycles. The fraction of sp³-hybridized carbons (Fsp3) is 0.200. The predicted molar refractivity (Wildman–Crippen MR) is 117 cm³/mol. The highest BCUT2D eigenvalue weighted by Crippen LogP contribution is 2.20. The minimum Gasteiger partial charge on any atom is -0.457 e. The summed E-state index contributed by atoms with van der Waals surface area (Å²) < 4.78 is 7.40. The molecular formula is C25H24N2O3. The molecule has 0 amide bonds. The average molecular weight is 400 g/mol. The number of ether oxygens (including phenoxy) is 1. The number of hydrogen-bond donors (Lipinski definition) is 1. The van der Waals surface area contributed by atoms with E-state index in [1.165, 1.54) is 5.56 Å². The molecule has 4 aromatic rings. The lowest BCUT2D eigenvalue weighted by atomic mass is 10.1. The standard InChI is InChI=1S/C25H24N2O3/c1-17-12-22(18(2)27(17)15-19-8-4-3-5-9-19)24(28)16-30-25(29)13-20-14-26-23-11-7-6-10-21(20)23/h3-12,14,26H,13,15-16H2,1-2H3. The zero-order valence-electron chi connectivity index (χ0n) is 17.1. The molecule has 152 valence electrons. The molecular weight excluding hydrogens is 376 g/mol. The number of aromatic nitrogens is 2. The van der Waals surface area contributed by atoms with Crippen molar-refractivity contribution >= 4 is 22.7 Å². The lowest BCUT2D eigenvalue weighted by Crippen LogP contribution is -2.16. The lowest BCUT2D eigenvalue weighted by molar-refractivity contribution is -0.141. The minimum absolute atomic E-state index is 0.129. The number of fused-ring (bicyclic) bond motifs is 1. The molecule has 0 atom stereocenters.